The molecule has 1 radical (unpaired) electrons. The molecule has 0 saturated heterocycles. The normalized spacial score (nSPS) is 18.8. The molecule has 0 aliphatic carbocycles. The molecule has 1 aromatic carbocycles. The first-order valence-electron chi connectivity index (χ1n) is 8.66. The van der Waals surface area contributed by atoms with Crippen molar-refractivity contribution < 1.29 is 14.5 Å². The van der Waals surface area contributed by atoms with Gasteiger partial charge in [-0.15, -0.1) is 0 Å². The number of rotatable bonds is 6. The van der Waals surface area contributed by atoms with Gasteiger partial charge in [-0.3, -0.25) is 0 Å². The van der Waals surface area contributed by atoms with Crippen LogP contribution in [0.4, 0.5) is 5.69 Å². The van der Waals surface area contributed by atoms with Crippen molar-refractivity contribution in [2.75, 3.05) is 6.61 Å². The van der Waals surface area contributed by atoms with Crippen LogP contribution in [0.1, 0.15) is 32.3 Å². The van der Waals surface area contributed by atoms with Crippen LogP contribution >= 0.6 is 0 Å². The first kappa shape index (κ1) is 21.6. The van der Waals surface area contributed by atoms with Crippen molar-refractivity contribution in [1.82, 2.24) is 4.90 Å². The molecule has 2 rings (SSSR count). The molecule has 1 aliphatic heterocycles. The van der Waals surface area contributed by atoms with Crippen LogP contribution < -0.4 is 5.73 Å². The number of ether oxygens (including phenoxy) is 1. The van der Waals surface area contributed by atoms with Crippen LogP contribution in [0.2, 0.25) is 0 Å². The van der Waals surface area contributed by atoms with E-state index >= 15 is 0 Å². The predicted octanol–water partition coefficient (Wildman–Crippen LogP) is 2.08. The van der Waals surface area contributed by atoms with E-state index in [1.54, 1.807) is 31.0 Å². The monoisotopic (exact) mass is 449 g/mol. The average Bonchev–Trinajstić information content (AvgIpc) is 2.67. The Hall–Kier alpha value is -2.66. The summed E-state index contributed by atoms with van der Waals surface area (Å²) in [6, 6.07) is 7.82. The fraction of sp³-hybridized carbons (Fsp3) is 0.368. The quantitative estimate of drug-likeness (QED) is 0.306. The van der Waals surface area contributed by atoms with Crippen LogP contribution in [-0.4, -0.2) is 49.4 Å². The summed E-state index contributed by atoms with van der Waals surface area (Å²) in [7, 11) is 0. The number of nitro groups is 1. The van der Waals surface area contributed by atoms with Gasteiger partial charge >= 0.3 is 171 Å². The topological polar surface area (TPSA) is 122 Å². The van der Waals surface area contributed by atoms with E-state index in [2.05, 4.69) is 22.1 Å². The number of hydrogen-bond acceptors (Lipinski definition) is 7. The van der Waals surface area contributed by atoms with Gasteiger partial charge in [0, 0.05) is 0 Å². The van der Waals surface area contributed by atoms with Crippen molar-refractivity contribution in [1.29, 1.82) is 5.26 Å². The molecule has 1 aromatic rings. The molecule has 28 heavy (non-hydrogen) atoms. The second kappa shape index (κ2) is 9.02. The number of hydrogen-bond donors (Lipinski definition) is 1. The summed E-state index contributed by atoms with van der Waals surface area (Å²) in [5.41, 5.74) is 7.51. The van der Waals surface area contributed by atoms with Crippen molar-refractivity contribution in [2.45, 2.75) is 37.7 Å². The SMILES string of the molecule is CCOC(=O)C1=CN(C([Se])C(C)N)C(C)=C(C#N)C1c1cccc([N+](=O)[O-])c1. The number of nitrogens with zero attached hydrogens (tertiary/aromatic N) is 3. The molecule has 0 fully saturated rings. The average molecular weight is 448 g/mol. The zero-order chi connectivity index (χ0) is 21.0. The molecule has 0 spiro atoms. The standard InChI is InChI=1S/C19H21N4O4Se/c1-4-27-19(24)16-10-22(18(28)11(2)21)12(3)15(9-20)17(16)13-6-5-7-14(8-13)23(25)26/h5-8,10-11,17-18H,4,21H2,1-3H3. The van der Waals surface area contributed by atoms with Gasteiger partial charge in [0.05, 0.1) is 0 Å². The number of benzene rings is 1. The van der Waals surface area contributed by atoms with Gasteiger partial charge in [-0.05, 0) is 0 Å². The Morgan fingerprint density at radius 2 is 2.21 bits per heavy atom. The number of nitro benzene ring substituents is 1. The van der Waals surface area contributed by atoms with Gasteiger partial charge in [-0.2, -0.15) is 0 Å². The Labute approximate surface area is 171 Å². The fourth-order valence-corrected chi connectivity index (χ4v) is 3.50. The molecule has 2 N–H and O–H groups in total. The van der Waals surface area contributed by atoms with E-state index in [0.717, 1.165) is 0 Å². The van der Waals surface area contributed by atoms with E-state index in [4.69, 9.17) is 10.5 Å². The van der Waals surface area contributed by atoms with Crippen molar-refractivity contribution in [3.05, 3.63) is 63.0 Å². The molecule has 0 saturated carbocycles. The number of nitriles is 1. The van der Waals surface area contributed by atoms with Gasteiger partial charge in [0.1, 0.15) is 0 Å². The van der Waals surface area contributed by atoms with E-state index in [0.29, 0.717) is 16.8 Å². The number of esters is 1. The summed E-state index contributed by atoms with van der Waals surface area (Å²) in [5, 5.41) is 21.0. The number of carbonyl (C=O) groups excluding carboxylic acids is 1. The molecule has 1 aliphatic rings. The van der Waals surface area contributed by atoms with Crippen LogP contribution in [-0.2, 0) is 9.53 Å². The van der Waals surface area contributed by atoms with E-state index in [9.17, 15) is 20.2 Å². The summed E-state index contributed by atoms with van der Waals surface area (Å²) in [4.78, 5) is 24.8. The van der Waals surface area contributed by atoms with Crippen molar-refractivity contribution in [3.63, 3.8) is 0 Å². The molecule has 0 aromatic heterocycles. The predicted molar refractivity (Wildman–Crippen MR) is 104 cm³/mol. The molecular formula is C19H21N4O4Se. The van der Waals surface area contributed by atoms with Crippen molar-refractivity contribution in [2.24, 2.45) is 5.73 Å². The number of non-ortho nitro benzene ring substituents is 1. The molecular weight excluding hydrogens is 427 g/mol. The van der Waals surface area contributed by atoms with E-state index in [1.165, 1.54) is 18.2 Å². The van der Waals surface area contributed by atoms with Crippen molar-refractivity contribution in [3.8, 4) is 6.07 Å². The minimum absolute atomic E-state index is 0.115. The van der Waals surface area contributed by atoms with E-state index in [-0.39, 0.29) is 28.8 Å². The van der Waals surface area contributed by atoms with Crippen LogP contribution in [0.5, 0.6) is 0 Å². The molecule has 0 amide bonds. The van der Waals surface area contributed by atoms with Gasteiger partial charge < -0.3 is 0 Å². The first-order valence-corrected chi connectivity index (χ1v) is 9.65. The Morgan fingerprint density at radius 3 is 2.75 bits per heavy atom. The Balaban J connectivity index is 2.68. The summed E-state index contributed by atoms with van der Waals surface area (Å²) in [6.07, 6.45) is 1.61. The van der Waals surface area contributed by atoms with Gasteiger partial charge in [-0.1, -0.05) is 0 Å². The zero-order valence-corrected chi connectivity index (χ0v) is 17.5. The number of carbonyl (C=O) groups is 1. The third-order valence-electron chi connectivity index (χ3n) is 4.42. The van der Waals surface area contributed by atoms with Gasteiger partial charge in [-0.25, -0.2) is 0 Å². The Morgan fingerprint density at radius 1 is 1.54 bits per heavy atom. The molecule has 3 unspecified atom stereocenters. The third kappa shape index (κ3) is 4.25. The van der Waals surface area contributed by atoms with Crippen LogP contribution in [0.15, 0.2) is 47.3 Å². The van der Waals surface area contributed by atoms with Crippen LogP contribution in [0.25, 0.3) is 0 Å². The number of allylic oxidation sites excluding steroid dienone is 2. The zero-order valence-electron chi connectivity index (χ0n) is 15.8. The van der Waals surface area contributed by atoms with Crippen LogP contribution in [0.3, 0.4) is 0 Å². The fourth-order valence-electron chi connectivity index (χ4n) is 3.04. The molecule has 8 nitrogen and oxygen atoms in total. The van der Waals surface area contributed by atoms with Gasteiger partial charge in [0.15, 0.2) is 0 Å². The van der Waals surface area contributed by atoms with Crippen LogP contribution in [0, 0.1) is 21.4 Å². The summed E-state index contributed by atoms with van der Waals surface area (Å²) >= 11 is 2.96. The molecule has 147 valence electrons. The summed E-state index contributed by atoms with van der Waals surface area (Å²) < 4.78 is 5.19. The van der Waals surface area contributed by atoms with Gasteiger partial charge in [0.2, 0.25) is 0 Å². The van der Waals surface area contributed by atoms with E-state index < -0.39 is 16.8 Å². The maximum atomic E-state index is 12.7. The molecule has 9 heteroatoms. The number of nitrogens with two attached hydrogens (primary N) is 1. The molecule has 1 heterocycles. The Kier molecular flexibility index (Phi) is 6.97. The Bertz CT molecular complexity index is 888. The molecule has 3 atom stereocenters. The molecule has 0 bridgehead atoms. The first-order chi connectivity index (χ1) is 13.2. The minimum atomic E-state index is -0.763. The van der Waals surface area contributed by atoms with Gasteiger partial charge in [0.25, 0.3) is 0 Å². The summed E-state index contributed by atoms with van der Waals surface area (Å²) in [6.45, 7) is 5.42. The third-order valence-corrected chi connectivity index (χ3v) is 5.80. The maximum absolute atomic E-state index is 12.7. The summed E-state index contributed by atoms with van der Waals surface area (Å²) in [5.74, 6) is -1.35. The van der Waals surface area contributed by atoms with E-state index in [1.807, 2.05) is 6.92 Å². The second-order valence-corrected chi connectivity index (χ2v) is 7.37. The van der Waals surface area contributed by atoms with Crippen molar-refractivity contribution >= 4 is 27.7 Å². The second-order valence-electron chi connectivity index (χ2n) is 6.36.